The molecule has 1 aliphatic rings. The third-order valence-electron chi connectivity index (χ3n) is 3.98. The number of nitrogens with one attached hydrogen (secondary N) is 1. The fraction of sp³-hybridized carbons (Fsp3) is 0.500. The molecule has 1 aromatic carbocycles. The molecule has 2 amide bonds. The zero-order valence-corrected chi connectivity index (χ0v) is 12.9. The Morgan fingerprint density at radius 3 is 2.38 bits per heavy atom. The average molecular weight is 289 g/mol. The van der Waals surface area contributed by atoms with E-state index in [1.807, 2.05) is 24.3 Å². The Balaban J connectivity index is 1.97. The van der Waals surface area contributed by atoms with Crippen LogP contribution >= 0.6 is 0 Å². The largest absolute Gasteiger partial charge is 0.372 e. The third-order valence-corrected chi connectivity index (χ3v) is 3.98. The summed E-state index contributed by atoms with van der Waals surface area (Å²) in [4.78, 5) is 27.5. The monoisotopic (exact) mass is 289 g/mol. The van der Waals surface area contributed by atoms with Gasteiger partial charge >= 0.3 is 0 Å². The number of nitrogens with zero attached hydrogens (tertiary/aromatic N) is 2. The van der Waals surface area contributed by atoms with Gasteiger partial charge in [-0.2, -0.15) is 0 Å². The highest BCUT2D eigenvalue weighted by Gasteiger charge is 2.32. The van der Waals surface area contributed by atoms with Crippen molar-refractivity contribution in [3.05, 3.63) is 24.3 Å². The van der Waals surface area contributed by atoms with E-state index in [1.54, 1.807) is 11.9 Å². The van der Waals surface area contributed by atoms with Crippen LogP contribution in [0.25, 0.3) is 0 Å². The van der Waals surface area contributed by atoms with Gasteiger partial charge in [0.2, 0.25) is 11.8 Å². The molecule has 1 saturated heterocycles. The van der Waals surface area contributed by atoms with Crippen molar-refractivity contribution in [1.29, 1.82) is 0 Å². The van der Waals surface area contributed by atoms with Gasteiger partial charge in [-0.05, 0) is 38.1 Å². The molecule has 1 aliphatic heterocycles. The van der Waals surface area contributed by atoms with E-state index in [2.05, 4.69) is 24.1 Å². The number of anilines is 2. The molecule has 0 radical (unpaired) electrons. The number of benzene rings is 1. The van der Waals surface area contributed by atoms with E-state index < -0.39 is 0 Å². The Bertz CT molecular complexity index is 509. The maximum Gasteiger partial charge on any atom is 0.229 e. The summed E-state index contributed by atoms with van der Waals surface area (Å²) in [5, 5.41) is 2.89. The van der Waals surface area contributed by atoms with Crippen molar-refractivity contribution in [2.75, 3.05) is 36.9 Å². The second-order valence-electron chi connectivity index (χ2n) is 5.38. The molecule has 1 atom stereocenters. The molecular weight excluding hydrogens is 266 g/mol. The van der Waals surface area contributed by atoms with Crippen molar-refractivity contribution >= 4 is 23.2 Å². The summed E-state index contributed by atoms with van der Waals surface area (Å²) in [6.45, 7) is 6.65. The third kappa shape index (κ3) is 3.54. The van der Waals surface area contributed by atoms with Crippen LogP contribution in [-0.2, 0) is 9.59 Å². The van der Waals surface area contributed by atoms with Crippen LogP contribution in [-0.4, -0.2) is 43.4 Å². The standard InChI is InChI=1S/C16H23N3O2/c1-4-19(5-2)14-8-6-13(7-9-14)17-16(21)12-10-15(20)18(3)11-12/h6-9,12H,4-5,10-11H2,1-3H3,(H,17,21)/t12-/m1/s1. The molecule has 5 heteroatoms. The van der Waals surface area contributed by atoms with Crippen LogP contribution in [0.4, 0.5) is 11.4 Å². The zero-order chi connectivity index (χ0) is 15.4. The summed E-state index contributed by atoms with van der Waals surface area (Å²) in [5.74, 6) is -0.291. The van der Waals surface area contributed by atoms with Crippen molar-refractivity contribution in [1.82, 2.24) is 4.90 Å². The first-order valence-corrected chi connectivity index (χ1v) is 7.45. The molecule has 0 aromatic heterocycles. The summed E-state index contributed by atoms with van der Waals surface area (Å²) in [7, 11) is 1.73. The molecular formula is C16H23N3O2. The van der Waals surface area contributed by atoms with Gasteiger partial charge < -0.3 is 15.1 Å². The fourth-order valence-electron chi connectivity index (χ4n) is 2.63. The summed E-state index contributed by atoms with van der Waals surface area (Å²) < 4.78 is 0. The van der Waals surface area contributed by atoms with Gasteiger partial charge in [0, 0.05) is 44.5 Å². The molecule has 0 spiro atoms. The van der Waals surface area contributed by atoms with Gasteiger partial charge in [0.15, 0.2) is 0 Å². The molecule has 114 valence electrons. The molecule has 0 saturated carbocycles. The Labute approximate surface area is 125 Å². The summed E-state index contributed by atoms with van der Waals surface area (Å²) in [6, 6.07) is 7.83. The van der Waals surface area contributed by atoms with Crippen molar-refractivity contribution in [2.45, 2.75) is 20.3 Å². The number of carbonyl (C=O) groups is 2. The Morgan fingerprint density at radius 2 is 1.90 bits per heavy atom. The highest BCUT2D eigenvalue weighted by atomic mass is 16.2. The molecule has 0 unspecified atom stereocenters. The molecule has 5 nitrogen and oxygen atoms in total. The first-order chi connectivity index (χ1) is 10.0. The van der Waals surface area contributed by atoms with Crippen LogP contribution in [0.1, 0.15) is 20.3 Å². The number of hydrogen-bond acceptors (Lipinski definition) is 3. The quantitative estimate of drug-likeness (QED) is 0.901. The van der Waals surface area contributed by atoms with Crippen LogP contribution in [0.5, 0.6) is 0 Å². The average Bonchev–Trinajstić information content (AvgIpc) is 2.82. The van der Waals surface area contributed by atoms with Crippen molar-refractivity contribution in [3.63, 3.8) is 0 Å². The summed E-state index contributed by atoms with van der Waals surface area (Å²) in [5.41, 5.74) is 1.92. The van der Waals surface area contributed by atoms with Gasteiger partial charge in [-0.15, -0.1) is 0 Å². The summed E-state index contributed by atoms with van der Waals surface area (Å²) in [6.07, 6.45) is 0.305. The molecule has 0 aliphatic carbocycles. The number of carbonyl (C=O) groups excluding carboxylic acids is 2. The normalized spacial score (nSPS) is 18.0. The number of amides is 2. The first-order valence-electron chi connectivity index (χ1n) is 7.45. The van der Waals surface area contributed by atoms with E-state index in [4.69, 9.17) is 0 Å². The van der Waals surface area contributed by atoms with E-state index in [0.29, 0.717) is 13.0 Å². The van der Waals surface area contributed by atoms with Crippen molar-refractivity contribution < 1.29 is 9.59 Å². The van der Waals surface area contributed by atoms with Crippen LogP contribution in [0, 0.1) is 5.92 Å². The lowest BCUT2D eigenvalue weighted by Crippen LogP contribution is -2.25. The molecule has 2 rings (SSSR count). The Hall–Kier alpha value is -2.04. The lowest BCUT2D eigenvalue weighted by Gasteiger charge is -2.21. The van der Waals surface area contributed by atoms with Crippen LogP contribution in [0.3, 0.4) is 0 Å². The second kappa shape index (κ2) is 6.61. The molecule has 1 heterocycles. The SMILES string of the molecule is CCN(CC)c1ccc(NC(=O)[C@@H]2CC(=O)N(C)C2)cc1. The van der Waals surface area contributed by atoms with Gasteiger partial charge in [0.05, 0.1) is 5.92 Å². The molecule has 1 aromatic rings. The maximum atomic E-state index is 12.1. The zero-order valence-electron chi connectivity index (χ0n) is 12.9. The predicted molar refractivity (Wildman–Crippen MR) is 84.4 cm³/mol. The van der Waals surface area contributed by atoms with Crippen molar-refractivity contribution in [2.24, 2.45) is 5.92 Å². The van der Waals surface area contributed by atoms with Crippen LogP contribution in [0.2, 0.25) is 0 Å². The Kier molecular flexibility index (Phi) is 4.83. The first kappa shape index (κ1) is 15.4. The van der Waals surface area contributed by atoms with Gasteiger partial charge in [-0.25, -0.2) is 0 Å². The lowest BCUT2D eigenvalue weighted by molar-refractivity contribution is -0.127. The van der Waals surface area contributed by atoms with E-state index >= 15 is 0 Å². The van der Waals surface area contributed by atoms with Gasteiger partial charge in [0.1, 0.15) is 0 Å². The number of hydrogen-bond donors (Lipinski definition) is 1. The molecule has 0 bridgehead atoms. The molecule has 1 fully saturated rings. The summed E-state index contributed by atoms with van der Waals surface area (Å²) >= 11 is 0. The van der Waals surface area contributed by atoms with E-state index in [0.717, 1.165) is 24.5 Å². The minimum Gasteiger partial charge on any atom is -0.372 e. The minimum absolute atomic E-state index is 0.0343. The van der Waals surface area contributed by atoms with E-state index in [9.17, 15) is 9.59 Å². The van der Waals surface area contributed by atoms with Crippen LogP contribution in [0.15, 0.2) is 24.3 Å². The highest BCUT2D eigenvalue weighted by molar-refractivity contribution is 5.97. The maximum absolute atomic E-state index is 12.1. The number of likely N-dealkylation sites (tertiary alicyclic amines) is 1. The molecule has 21 heavy (non-hydrogen) atoms. The van der Waals surface area contributed by atoms with E-state index in [1.165, 1.54) is 0 Å². The van der Waals surface area contributed by atoms with Gasteiger partial charge in [-0.3, -0.25) is 9.59 Å². The minimum atomic E-state index is -0.245. The fourth-order valence-corrected chi connectivity index (χ4v) is 2.63. The second-order valence-corrected chi connectivity index (χ2v) is 5.38. The van der Waals surface area contributed by atoms with Crippen LogP contribution < -0.4 is 10.2 Å². The lowest BCUT2D eigenvalue weighted by atomic mass is 10.1. The Morgan fingerprint density at radius 1 is 1.29 bits per heavy atom. The van der Waals surface area contributed by atoms with E-state index in [-0.39, 0.29) is 17.7 Å². The van der Waals surface area contributed by atoms with Gasteiger partial charge in [-0.1, -0.05) is 0 Å². The smallest absolute Gasteiger partial charge is 0.229 e. The topological polar surface area (TPSA) is 52.7 Å². The molecule has 1 N–H and O–H groups in total. The number of rotatable bonds is 5. The predicted octanol–water partition coefficient (Wildman–Crippen LogP) is 1.95. The highest BCUT2D eigenvalue weighted by Crippen LogP contribution is 2.21. The van der Waals surface area contributed by atoms with Crippen molar-refractivity contribution in [3.8, 4) is 0 Å². The van der Waals surface area contributed by atoms with Gasteiger partial charge in [0.25, 0.3) is 0 Å².